The molecule has 0 saturated heterocycles. The van der Waals surface area contributed by atoms with Crippen LogP contribution >= 0.6 is 0 Å². The lowest BCUT2D eigenvalue weighted by molar-refractivity contribution is -0.119. The van der Waals surface area contributed by atoms with Gasteiger partial charge in [-0.25, -0.2) is 4.39 Å². The van der Waals surface area contributed by atoms with Crippen molar-refractivity contribution in [3.05, 3.63) is 17.9 Å². The van der Waals surface area contributed by atoms with Crippen molar-refractivity contribution >= 4 is 17.3 Å². The van der Waals surface area contributed by atoms with Gasteiger partial charge in [-0.1, -0.05) is 6.92 Å². The van der Waals surface area contributed by atoms with Gasteiger partial charge >= 0.3 is 0 Å². The number of nitrogen functional groups attached to an aromatic ring is 1. The molecule has 0 bridgehead atoms. The van der Waals surface area contributed by atoms with Gasteiger partial charge in [0.1, 0.15) is 0 Å². The van der Waals surface area contributed by atoms with Crippen LogP contribution in [-0.4, -0.2) is 32.7 Å². The minimum Gasteiger partial charge on any atom is -0.491 e. The van der Waals surface area contributed by atoms with Crippen LogP contribution in [0.2, 0.25) is 0 Å². The lowest BCUT2D eigenvalue weighted by Crippen LogP contribution is -2.35. The highest BCUT2D eigenvalue weighted by Crippen LogP contribution is 2.30. The Bertz CT molecular complexity index is 466. The number of benzene rings is 1. The first-order valence-electron chi connectivity index (χ1n) is 6.69. The fourth-order valence-corrected chi connectivity index (χ4v) is 1.78. The molecule has 0 aliphatic heterocycles. The topological polar surface area (TPSA) is 67.6 Å². The van der Waals surface area contributed by atoms with E-state index in [1.165, 1.54) is 12.1 Å². The molecule has 0 aliphatic rings. The summed E-state index contributed by atoms with van der Waals surface area (Å²) >= 11 is 0. The summed E-state index contributed by atoms with van der Waals surface area (Å²) in [6.45, 7) is 4.91. The molecule has 0 spiro atoms. The maximum atomic E-state index is 13.6. The van der Waals surface area contributed by atoms with E-state index in [0.29, 0.717) is 18.8 Å². The van der Waals surface area contributed by atoms with Crippen LogP contribution in [0, 0.1) is 5.82 Å². The minimum atomic E-state index is -0.503. The molecule has 0 aromatic heterocycles. The smallest absolute Gasteiger partial charge is 0.239 e. The summed E-state index contributed by atoms with van der Waals surface area (Å²) in [5.41, 5.74) is 6.64. The molecule has 5 nitrogen and oxygen atoms in total. The highest BCUT2D eigenvalue weighted by Gasteiger charge is 2.14. The maximum absolute atomic E-state index is 13.6. The van der Waals surface area contributed by atoms with Crippen molar-refractivity contribution in [2.24, 2.45) is 0 Å². The Hall–Kier alpha value is -1.98. The quantitative estimate of drug-likeness (QED) is 0.748. The van der Waals surface area contributed by atoms with Crippen LogP contribution in [0.5, 0.6) is 5.75 Å². The van der Waals surface area contributed by atoms with Crippen LogP contribution in [0.3, 0.4) is 0 Å². The number of hydrogen-bond donors (Lipinski definition) is 2. The van der Waals surface area contributed by atoms with E-state index in [1.807, 2.05) is 6.92 Å². The SMILES string of the molecule is CCCNC(=O)CN(C)c1cc(OCC)c(F)cc1N. The number of amides is 1. The van der Waals surface area contributed by atoms with Gasteiger partial charge in [0.25, 0.3) is 0 Å². The number of rotatable bonds is 7. The summed E-state index contributed by atoms with van der Waals surface area (Å²) in [5.74, 6) is -0.467. The van der Waals surface area contributed by atoms with E-state index < -0.39 is 5.82 Å². The third-order valence-corrected chi connectivity index (χ3v) is 2.75. The number of carbonyl (C=O) groups is 1. The first-order chi connectivity index (χ1) is 9.49. The molecule has 0 aliphatic carbocycles. The van der Waals surface area contributed by atoms with Crippen molar-refractivity contribution in [3.8, 4) is 5.75 Å². The molecule has 3 N–H and O–H groups in total. The molecule has 0 radical (unpaired) electrons. The lowest BCUT2D eigenvalue weighted by atomic mass is 10.2. The molecule has 1 rings (SSSR count). The molecule has 1 aromatic carbocycles. The Balaban J connectivity index is 2.83. The van der Waals surface area contributed by atoms with Gasteiger partial charge in [-0.15, -0.1) is 0 Å². The zero-order valence-electron chi connectivity index (χ0n) is 12.2. The van der Waals surface area contributed by atoms with Gasteiger partial charge in [0, 0.05) is 25.7 Å². The second-order valence-corrected chi connectivity index (χ2v) is 4.48. The fraction of sp³-hybridized carbons (Fsp3) is 0.500. The number of nitrogens with one attached hydrogen (secondary N) is 1. The number of nitrogens with zero attached hydrogens (tertiary/aromatic N) is 1. The van der Waals surface area contributed by atoms with Crippen molar-refractivity contribution in [2.45, 2.75) is 20.3 Å². The molecule has 0 fully saturated rings. The average molecular weight is 283 g/mol. The predicted octanol–water partition coefficient (Wildman–Crippen LogP) is 1.77. The summed E-state index contributed by atoms with van der Waals surface area (Å²) in [6.07, 6.45) is 0.878. The van der Waals surface area contributed by atoms with Gasteiger partial charge < -0.3 is 20.7 Å². The molecule has 112 valence electrons. The Morgan fingerprint density at radius 3 is 2.75 bits per heavy atom. The molecule has 0 heterocycles. The molecule has 0 atom stereocenters. The Kier molecular flexibility index (Phi) is 6.09. The van der Waals surface area contributed by atoms with Gasteiger partial charge in [-0.05, 0) is 13.3 Å². The van der Waals surface area contributed by atoms with E-state index in [9.17, 15) is 9.18 Å². The van der Waals surface area contributed by atoms with Gasteiger partial charge in [-0.2, -0.15) is 0 Å². The highest BCUT2D eigenvalue weighted by molar-refractivity contribution is 5.83. The Labute approximate surface area is 118 Å². The van der Waals surface area contributed by atoms with Crippen LogP contribution in [0.1, 0.15) is 20.3 Å². The lowest BCUT2D eigenvalue weighted by Gasteiger charge is -2.21. The average Bonchev–Trinajstić information content (AvgIpc) is 2.39. The zero-order valence-corrected chi connectivity index (χ0v) is 12.2. The summed E-state index contributed by atoms with van der Waals surface area (Å²) in [4.78, 5) is 13.3. The summed E-state index contributed by atoms with van der Waals surface area (Å²) in [6, 6.07) is 2.72. The number of nitrogens with two attached hydrogens (primary N) is 1. The number of ether oxygens (including phenoxy) is 1. The van der Waals surface area contributed by atoms with Crippen LogP contribution in [0.25, 0.3) is 0 Å². The molecular formula is C14H22FN3O2. The predicted molar refractivity (Wildman–Crippen MR) is 78.6 cm³/mol. The molecule has 1 amide bonds. The second kappa shape index (κ2) is 7.57. The molecule has 20 heavy (non-hydrogen) atoms. The number of hydrogen-bond acceptors (Lipinski definition) is 4. The summed E-state index contributed by atoms with van der Waals surface area (Å²) < 4.78 is 18.8. The summed E-state index contributed by atoms with van der Waals surface area (Å²) in [5, 5.41) is 2.78. The van der Waals surface area contributed by atoms with Crippen LogP contribution in [0.15, 0.2) is 12.1 Å². The van der Waals surface area contributed by atoms with Crippen LogP contribution in [-0.2, 0) is 4.79 Å². The van der Waals surface area contributed by atoms with Crippen molar-refractivity contribution in [2.75, 3.05) is 37.4 Å². The van der Waals surface area contributed by atoms with E-state index >= 15 is 0 Å². The number of anilines is 2. The van der Waals surface area contributed by atoms with E-state index in [0.717, 1.165) is 6.42 Å². The van der Waals surface area contributed by atoms with E-state index in [1.54, 1.807) is 18.9 Å². The monoisotopic (exact) mass is 283 g/mol. The van der Waals surface area contributed by atoms with Crippen LogP contribution < -0.4 is 20.7 Å². The molecule has 0 unspecified atom stereocenters. The Morgan fingerprint density at radius 2 is 2.15 bits per heavy atom. The molecule has 6 heteroatoms. The van der Waals surface area contributed by atoms with Crippen molar-refractivity contribution in [1.82, 2.24) is 5.32 Å². The molecular weight excluding hydrogens is 261 g/mol. The van der Waals surface area contributed by atoms with E-state index in [2.05, 4.69) is 5.32 Å². The minimum absolute atomic E-state index is 0.101. The fourth-order valence-electron chi connectivity index (χ4n) is 1.78. The number of halogens is 1. The van der Waals surface area contributed by atoms with Crippen molar-refractivity contribution < 1.29 is 13.9 Å². The highest BCUT2D eigenvalue weighted by atomic mass is 19.1. The Morgan fingerprint density at radius 1 is 1.45 bits per heavy atom. The van der Waals surface area contributed by atoms with Gasteiger partial charge in [0.05, 0.1) is 24.5 Å². The first-order valence-corrected chi connectivity index (χ1v) is 6.69. The van der Waals surface area contributed by atoms with Gasteiger partial charge in [-0.3, -0.25) is 4.79 Å². The first kappa shape index (κ1) is 16.1. The van der Waals surface area contributed by atoms with Gasteiger partial charge in [0.15, 0.2) is 11.6 Å². The largest absolute Gasteiger partial charge is 0.491 e. The maximum Gasteiger partial charge on any atom is 0.239 e. The molecule has 0 saturated carbocycles. The summed E-state index contributed by atoms with van der Waals surface area (Å²) in [7, 11) is 1.73. The standard InChI is InChI=1S/C14H22FN3O2/c1-4-6-17-14(19)9-18(3)12-8-13(20-5-2)10(15)7-11(12)16/h7-8H,4-6,9,16H2,1-3H3,(H,17,19). The van der Waals surface area contributed by atoms with Crippen molar-refractivity contribution in [1.29, 1.82) is 0 Å². The number of carbonyl (C=O) groups excluding carboxylic acids is 1. The second-order valence-electron chi connectivity index (χ2n) is 4.48. The third-order valence-electron chi connectivity index (χ3n) is 2.75. The zero-order chi connectivity index (χ0) is 15.1. The van der Waals surface area contributed by atoms with Crippen LogP contribution in [0.4, 0.5) is 15.8 Å². The van der Waals surface area contributed by atoms with E-state index in [-0.39, 0.29) is 23.9 Å². The number of likely N-dealkylation sites (N-methyl/N-ethyl adjacent to an activating group) is 1. The normalized spacial score (nSPS) is 10.2. The third kappa shape index (κ3) is 4.29. The van der Waals surface area contributed by atoms with Crippen molar-refractivity contribution in [3.63, 3.8) is 0 Å². The van der Waals surface area contributed by atoms with Gasteiger partial charge in [0.2, 0.25) is 5.91 Å². The van der Waals surface area contributed by atoms with E-state index in [4.69, 9.17) is 10.5 Å². The molecule has 1 aromatic rings.